The molecule has 0 radical (unpaired) electrons. The second-order valence-electron chi connectivity index (χ2n) is 8.59. The number of carbonyl (C=O) groups is 2. The van der Waals surface area contributed by atoms with Crippen molar-refractivity contribution < 1.29 is 19.1 Å². The van der Waals surface area contributed by atoms with Gasteiger partial charge in [-0.3, -0.25) is 9.69 Å². The fraction of sp³-hybridized carbons (Fsp3) is 0.619. The van der Waals surface area contributed by atoms with E-state index in [0.717, 1.165) is 13.1 Å². The summed E-state index contributed by atoms with van der Waals surface area (Å²) in [6, 6.07) is 10.2. The standard InChI is InChI=1S/C21H30N2O4/c1-5-26-18(24)21-14-22(11-16-9-7-6-8-10-16)12-17(21)13-23(15-21)19(25)27-20(2,3)4/h6-10,17H,5,11-15H2,1-4H3. The van der Waals surface area contributed by atoms with Crippen molar-refractivity contribution in [3.8, 4) is 0 Å². The maximum atomic E-state index is 12.9. The average molecular weight is 374 g/mol. The summed E-state index contributed by atoms with van der Waals surface area (Å²) in [5.74, 6) is -0.135. The minimum atomic E-state index is -0.665. The largest absolute Gasteiger partial charge is 0.465 e. The predicted octanol–water partition coefficient (Wildman–Crippen LogP) is 2.92. The minimum absolute atomic E-state index is 0.0628. The van der Waals surface area contributed by atoms with E-state index in [1.807, 2.05) is 45.9 Å². The Kier molecular flexibility index (Phi) is 5.47. The fourth-order valence-electron chi connectivity index (χ4n) is 4.16. The van der Waals surface area contributed by atoms with Crippen LogP contribution in [0.1, 0.15) is 33.3 Å². The third-order valence-corrected chi connectivity index (χ3v) is 5.26. The number of esters is 1. The lowest BCUT2D eigenvalue weighted by Crippen LogP contribution is -2.44. The van der Waals surface area contributed by atoms with Crippen LogP contribution in [0.4, 0.5) is 4.79 Å². The fourth-order valence-corrected chi connectivity index (χ4v) is 4.16. The molecule has 0 aromatic heterocycles. The number of nitrogens with zero attached hydrogens (tertiary/aromatic N) is 2. The third-order valence-electron chi connectivity index (χ3n) is 5.26. The Hall–Kier alpha value is -2.08. The SMILES string of the molecule is CCOC(=O)C12CN(Cc3ccccc3)CC1CN(C(=O)OC(C)(C)C)C2. The lowest BCUT2D eigenvalue weighted by Gasteiger charge is -2.28. The van der Waals surface area contributed by atoms with Crippen LogP contribution in [-0.4, -0.2) is 60.2 Å². The van der Waals surface area contributed by atoms with Crippen molar-refractivity contribution >= 4 is 12.1 Å². The molecule has 2 saturated heterocycles. The van der Waals surface area contributed by atoms with Crippen LogP contribution in [0.15, 0.2) is 30.3 Å². The molecule has 2 aliphatic rings. The van der Waals surface area contributed by atoms with Crippen LogP contribution in [0.25, 0.3) is 0 Å². The first-order chi connectivity index (χ1) is 12.7. The van der Waals surface area contributed by atoms with Crippen molar-refractivity contribution in [1.82, 2.24) is 9.80 Å². The van der Waals surface area contributed by atoms with Crippen molar-refractivity contribution in [2.45, 2.75) is 39.8 Å². The van der Waals surface area contributed by atoms with Gasteiger partial charge in [-0.05, 0) is 33.3 Å². The van der Waals surface area contributed by atoms with Crippen LogP contribution in [0.2, 0.25) is 0 Å². The Labute approximate surface area is 161 Å². The van der Waals surface area contributed by atoms with E-state index in [4.69, 9.17) is 9.47 Å². The van der Waals surface area contributed by atoms with Gasteiger partial charge in [-0.15, -0.1) is 0 Å². The van der Waals surface area contributed by atoms with Gasteiger partial charge in [0.15, 0.2) is 0 Å². The van der Waals surface area contributed by atoms with E-state index >= 15 is 0 Å². The number of benzene rings is 1. The van der Waals surface area contributed by atoms with Gasteiger partial charge in [-0.1, -0.05) is 30.3 Å². The van der Waals surface area contributed by atoms with Crippen molar-refractivity contribution in [3.05, 3.63) is 35.9 Å². The number of ether oxygens (including phenoxy) is 2. The predicted molar refractivity (Wildman–Crippen MR) is 102 cm³/mol. The van der Waals surface area contributed by atoms with Gasteiger partial charge in [-0.2, -0.15) is 0 Å². The highest BCUT2D eigenvalue weighted by molar-refractivity contribution is 5.81. The molecule has 2 unspecified atom stereocenters. The highest BCUT2D eigenvalue weighted by atomic mass is 16.6. The molecule has 3 rings (SSSR count). The zero-order valence-corrected chi connectivity index (χ0v) is 16.7. The molecule has 148 valence electrons. The molecule has 6 nitrogen and oxygen atoms in total. The Bertz CT molecular complexity index is 685. The van der Waals surface area contributed by atoms with E-state index in [1.54, 1.807) is 4.90 Å². The summed E-state index contributed by atoms with van der Waals surface area (Å²) >= 11 is 0. The van der Waals surface area contributed by atoms with Gasteiger partial charge in [0.2, 0.25) is 0 Å². The Morgan fingerprint density at radius 2 is 1.85 bits per heavy atom. The highest BCUT2D eigenvalue weighted by Crippen LogP contribution is 2.44. The van der Waals surface area contributed by atoms with E-state index in [0.29, 0.717) is 26.2 Å². The van der Waals surface area contributed by atoms with E-state index in [9.17, 15) is 9.59 Å². The maximum Gasteiger partial charge on any atom is 0.410 e. The van der Waals surface area contributed by atoms with Gasteiger partial charge in [0.05, 0.1) is 6.61 Å². The molecule has 1 aromatic rings. The van der Waals surface area contributed by atoms with Crippen LogP contribution in [0, 0.1) is 11.3 Å². The van der Waals surface area contributed by atoms with Crippen LogP contribution in [0.3, 0.4) is 0 Å². The first-order valence-corrected chi connectivity index (χ1v) is 9.65. The summed E-state index contributed by atoms with van der Waals surface area (Å²) in [5.41, 5.74) is 0.00730. The summed E-state index contributed by atoms with van der Waals surface area (Å²) in [7, 11) is 0. The monoisotopic (exact) mass is 374 g/mol. The van der Waals surface area contributed by atoms with Crippen LogP contribution >= 0.6 is 0 Å². The summed E-state index contributed by atoms with van der Waals surface area (Å²) in [4.78, 5) is 29.4. The Morgan fingerprint density at radius 1 is 1.15 bits per heavy atom. The van der Waals surface area contributed by atoms with Gasteiger partial charge in [0, 0.05) is 38.6 Å². The Balaban J connectivity index is 1.74. The van der Waals surface area contributed by atoms with Crippen LogP contribution < -0.4 is 0 Å². The van der Waals surface area contributed by atoms with Gasteiger partial charge in [0.1, 0.15) is 11.0 Å². The summed E-state index contributed by atoms with van der Waals surface area (Å²) < 4.78 is 10.9. The average Bonchev–Trinajstić information content (AvgIpc) is 3.09. The van der Waals surface area contributed by atoms with E-state index in [2.05, 4.69) is 17.0 Å². The number of hydrogen-bond donors (Lipinski definition) is 0. The van der Waals surface area contributed by atoms with E-state index in [1.165, 1.54) is 5.56 Å². The molecule has 2 atom stereocenters. The first kappa shape index (κ1) is 19.7. The second kappa shape index (κ2) is 7.50. The van der Waals surface area contributed by atoms with E-state index in [-0.39, 0.29) is 18.0 Å². The van der Waals surface area contributed by atoms with Crippen molar-refractivity contribution in [2.24, 2.45) is 11.3 Å². The van der Waals surface area contributed by atoms with Gasteiger partial charge < -0.3 is 14.4 Å². The number of likely N-dealkylation sites (tertiary alicyclic amines) is 2. The number of carbonyl (C=O) groups excluding carboxylic acids is 2. The molecule has 2 aliphatic heterocycles. The second-order valence-corrected chi connectivity index (χ2v) is 8.59. The lowest BCUT2D eigenvalue weighted by atomic mass is 9.81. The molecule has 0 bridgehead atoms. The van der Waals surface area contributed by atoms with Crippen molar-refractivity contribution in [2.75, 3.05) is 32.8 Å². The van der Waals surface area contributed by atoms with Crippen molar-refractivity contribution in [3.63, 3.8) is 0 Å². The number of hydrogen-bond acceptors (Lipinski definition) is 5. The molecule has 6 heteroatoms. The molecule has 1 aromatic carbocycles. The summed E-state index contributed by atoms with van der Waals surface area (Å²) in [5, 5.41) is 0. The molecular formula is C21H30N2O4. The molecule has 0 saturated carbocycles. The lowest BCUT2D eigenvalue weighted by molar-refractivity contribution is -0.155. The van der Waals surface area contributed by atoms with Crippen LogP contribution in [0.5, 0.6) is 0 Å². The summed E-state index contributed by atoms with van der Waals surface area (Å²) in [6.45, 7) is 10.8. The zero-order valence-electron chi connectivity index (χ0n) is 16.7. The normalized spacial score (nSPS) is 25.3. The Morgan fingerprint density at radius 3 is 2.48 bits per heavy atom. The van der Waals surface area contributed by atoms with Gasteiger partial charge in [0.25, 0.3) is 0 Å². The quantitative estimate of drug-likeness (QED) is 0.759. The molecule has 0 spiro atoms. The maximum absolute atomic E-state index is 12.9. The molecule has 2 fully saturated rings. The number of fused-ring (bicyclic) bond motifs is 1. The molecule has 1 amide bonds. The first-order valence-electron chi connectivity index (χ1n) is 9.65. The molecule has 0 N–H and O–H groups in total. The third kappa shape index (κ3) is 4.26. The molecular weight excluding hydrogens is 344 g/mol. The van der Waals surface area contributed by atoms with Gasteiger partial charge >= 0.3 is 12.1 Å². The molecule has 2 heterocycles. The molecule has 27 heavy (non-hydrogen) atoms. The topological polar surface area (TPSA) is 59.1 Å². The van der Waals surface area contributed by atoms with E-state index < -0.39 is 11.0 Å². The summed E-state index contributed by atoms with van der Waals surface area (Å²) in [6.07, 6.45) is -0.352. The smallest absolute Gasteiger partial charge is 0.410 e. The van der Waals surface area contributed by atoms with Crippen LogP contribution in [-0.2, 0) is 20.8 Å². The zero-order chi connectivity index (χ0) is 19.7. The van der Waals surface area contributed by atoms with Gasteiger partial charge in [-0.25, -0.2) is 4.79 Å². The number of amides is 1. The molecule has 0 aliphatic carbocycles. The van der Waals surface area contributed by atoms with Crippen molar-refractivity contribution in [1.29, 1.82) is 0 Å². The minimum Gasteiger partial charge on any atom is -0.465 e. The highest BCUT2D eigenvalue weighted by Gasteiger charge is 2.59. The number of rotatable bonds is 4.